The van der Waals surface area contributed by atoms with Gasteiger partial charge in [0.15, 0.2) is 0 Å². The molecule has 1 amide bonds. The van der Waals surface area contributed by atoms with E-state index in [2.05, 4.69) is 10.4 Å². The average molecular weight is 350 g/mol. The number of hydrogen-bond acceptors (Lipinski definition) is 3. The Bertz CT molecular complexity index is 740. The molecule has 0 saturated carbocycles. The first kappa shape index (κ1) is 18.0. The summed E-state index contributed by atoms with van der Waals surface area (Å²) in [5.74, 6) is -1.65. The maximum absolute atomic E-state index is 12.5. The molecule has 24 heavy (non-hydrogen) atoms. The molecule has 1 aromatic heterocycles. The Kier molecular flexibility index (Phi) is 5.62. The van der Waals surface area contributed by atoms with E-state index in [-0.39, 0.29) is 5.92 Å². The molecule has 2 N–H and O–H groups in total. The van der Waals surface area contributed by atoms with Crippen molar-refractivity contribution in [2.24, 2.45) is 5.92 Å². The van der Waals surface area contributed by atoms with E-state index in [4.69, 9.17) is 11.6 Å². The van der Waals surface area contributed by atoms with Crippen molar-refractivity contribution in [3.8, 4) is 5.69 Å². The van der Waals surface area contributed by atoms with Crippen LogP contribution in [-0.2, 0) is 4.79 Å². The highest BCUT2D eigenvalue weighted by molar-refractivity contribution is 6.30. The van der Waals surface area contributed by atoms with E-state index in [0.717, 1.165) is 5.69 Å². The zero-order chi connectivity index (χ0) is 17.9. The van der Waals surface area contributed by atoms with Gasteiger partial charge in [-0.15, -0.1) is 0 Å². The summed E-state index contributed by atoms with van der Waals surface area (Å²) < 4.78 is 1.62. The minimum absolute atomic E-state index is 0.168. The molecule has 1 heterocycles. The van der Waals surface area contributed by atoms with Crippen molar-refractivity contribution in [2.75, 3.05) is 0 Å². The van der Waals surface area contributed by atoms with Crippen LogP contribution >= 0.6 is 11.6 Å². The summed E-state index contributed by atoms with van der Waals surface area (Å²) in [5.41, 5.74) is 1.75. The Morgan fingerprint density at radius 3 is 2.50 bits per heavy atom. The summed E-state index contributed by atoms with van der Waals surface area (Å²) >= 11 is 5.88. The van der Waals surface area contributed by atoms with Crippen molar-refractivity contribution < 1.29 is 14.7 Å². The van der Waals surface area contributed by atoms with E-state index in [0.29, 0.717) is 22.7 Å². The molecule has 0 saturated heterocycles. The van der Waals surface area contributed by atoms with E-state index >= 15 is 0 Å². The third-order valence-corrected chi connectivity index (χ3v) is 4.34. The van der Waals surface area contributed by atoms with E-state index in [1.807, 2.05) is 6.92 Å². The van der Waals surface area contributed by atoms with Gasteiger partial charge in [-0.2, -0.15) is 5.10 Å². The third kappa shape index (κ3) is 3.76. The highest BCUT2D eigenvalue weighted by atomic mass is 35.5. The molecule has 0 radical (unpaired) electrons. The number of aromatic nitrogens is 2. The summed E-state index contributed by atoms with van der Waals surface area (Å²) in [6, 6.07) is 6.13. The predicted octanol–water partition coefficient (Wildman–Crippen LogP) is 3.06. The summed E-state index contributed by atoms with van der Waals surface area (Å²) in [4.78, 5) is 23.8. The molecular formula is C17H20ClN3O3. The van der Waals surface area contributed by atoms with E-state index < -0.39 is 17.9 Å². The minimum atomic E-state index is -1.04. The molecule has 2 rings (SSSR count). The van der Waals surface area contributed by atoms with Crippen LogP contribution in [0.3, 0.4) is 0 Å². The second-order valence-corrected chi connectivity index (χ2v) is 6.14. The number of carboxylic acids is 1. The first-order valence-electron chi connectivity index (χ1n) is 7.69. The first-order valence-corrected chi connectivity index (χ1v) is 8.07. The number of benzene rings is 1. The van der Waals surface area contributed by atoms with Crippen molar-refractivity contribution in [3.63, 3.8) is 0 Å². The van der Waals surface area contributed by atoms with Gasteiger partial charge in [-0.3, -0.25) is 4.79 Å². The molecule has 7 heteroatoms. The fraction of sp³-hybridized carbons (Fsp3) is 0.353. The number of carbonyl (C=O) groups is 2. The number of carboxylic acid groups (broad SMARTS) is 1. The van der Waals surface area contributed by atoms with Crippen molar-refractivity contribution in [1.29, 1.82) is 0 Å². The molecule has 0 aliphatic carbocycles. The number of halogens is 1. The zero-order valence-corrected chi connectivity index (χ0v) is 14.5. The van der Waals surface area contributed by atoms with Gasteiger partial charge in [-0.25, -0.2) is 9.48 Å². The maximum atomic E-state index is 12.5. The second-order valence-electron chi connectivity index (χ2n) is 5.71. The number of nitrogens with zero attached hydrogens (tertiary/aromatic N) is 2. The van der Waals surface area contributed by atoms with Gasteiger partial charge in [0.1, 0.15) is 6.04 Å². The van der Waals surface area contributed by atoms with Crippen LogP contribution in [0, 0.1) is 12.8 Å². The van der Waals surface area contributed by atoms with Crippen LogP contribution in [0.25, 0.3) is 5.69 Å². The number of rotatable bonds is 6. The predicted molar refractivity (Wildman–Crippen MR) is 91.7 cm³/mol. The van der Waals surface area contributed by atoms with Crippen LogP contribution in [0.15, 0.2) is 30.5 Å². The Balaban J connectivity index is 2.25. The lowest BCUT2D eigenvalue weighted by Gasteiger charge is -2.20. The number of amides is 1. The molecule has 0 unspecified atom stereocenters. The van der Waals surface area contributed by atoms with E-state index in [1.165, 1.54) is 6.20 Å². The highest BCUT2D eigenvalue weighted by Crippen LogP contribution is 2.17. The first-order chi connectivity index (χ1) is 11.3. The number of carbonyl (C=O) groups excluding carboxylic acids is 1. The van der Waals surface area contributed by atoms with Gasteiger partial charge in [0.25, 0.3) is 5.91 Å². The SMILES string of the molecule is CC[C@H](C)[C@H](NC(=O)c1cnn(-c2ccc(Cl)cc2)c1C)C(=O)O. The van der Waals surface area contributed by atoms with E-state index in [1.54, 1.807) is 42.8 Å². The van der Waals surface area contributed by atoms with E-state index in [9.17, 15) is 14.7 Å². The second kappa shape index (κ2) is 7.49. The smallest absolute Gasteiger partial charge is 0.326 e. The van der Waals surface area contributed by atoms with Gasteiger partial charge in [0, 0.05) is 5.02 Å². The molecule has 0 aliphatic rings. The summed E-state index contributed by atoms with van der Waals surface area (Å²) in [5, 5.41) is 16.7. The van der Waals surface area contributed by atoms with Crippen LogP contribution < -0.4 is 5.32 Å². The lowest BCUT2D eigenvalue weighted by Crippen LogP contribution is -2.45. The fourth-order valence-corrected chi connectivity index (χ4v) is 2.50. The van der Waals surface area contributed by atoms with Gasteiger partial charge in [-0.1, -0.05) is 31.9 Å². The number of hydrogen-bond donors (Lipinski definition) is 2. The Morgan fingerprint density at radius 1 is 1.33 bits per heavy atom. The molecule has 1 aromatic carbocycles. The molecule has 6 nitrogen and oxygen atoms in total. The molecule has 2 aromatic rings. The van der Waals surface area contributed by atoms with Crippen LogP contribution in [0.4, 0.5) is 0 Å². The Morgan fingerprint density at radius 2 is 1.96 bits per heavy atom. The standard InChI is InChI=1S/C17H20ClN3O3/c1-4-10(2)15(17(23)24)20-16(22)14-9-19-21(11(14)3)13-7-5-12(18)6-8-13/h5-10,15H,4H2,1-3H3,(H,20,22)(H,23,24)/t10-,15-/m0/s1. The maximum Gasteiger partial charge on any atom is 0.326 e. The number of aliphatic carboxylic acids is 1. The van der Waals surface area contributed by atoms with Gasteiger partial charge >= 0.3 is 5.97 Å². The average Bonchev–Trinajstić information content (AvgIpc) is 2.94. The van der Waals surface area contributed by atoms with Gasteiger partial charge < -0.3 is 10.4 Å². The van der Waals surface area contributed by atoms with Gasteiger partial charge in [-0.05, 0) is 37.1 Å². The van der Waals surface area contributed by atoms with Gasteiger partial charge in [0.05, 0.1) is 23.1 Å². The van der Waals surface area contributed by atoms with Crippen molar-refractivity contribution in [1.82, 2.24) is 15.1 Å². The quantitative estimate of drug-likeness (QED) is 0.839. The Hall–Kier alpha value is -2.34. The van der Waals surface area contributed by atoms with Crippen molar-refractivity contribution in [2.45, 2.75) is 33.2 Å². The third-order valence-electron chi connectivity index (χ3n) is 4.09. The summed E-state index contributed by atoms with van der Waals surface area (Å²) in [7, 11) is 0. The van der Waals surface area contributed by atoms with Gasteiger partial charge in [0.2, 0.25) is 0 Å². The van der Waals surface area contributed by atoms with Crippen LogP contribution in [0.1, 0.15) is 36.3 Å². The molecule has 2 atom stereocenters. The fourth-order valence-electron chi connectivity index (χ4n) is 2.38. The lowest BCUT2D eigenvalue weighted by molar-refractivity contribution is -0.140. The molecule has 0 fully saturated rings. The summed E-state index contributed by atoms with van der Waals surface area (Å²) in [6.45, 7) is 5.44. The van der Waals surface area contributed by atoms with Crippen LogP contribution in [0.2, 0.25) is 5.02 Å². The van der Waals surface area contributed by atoms with Crippen LogP contribution in [-0.4, -0.2) is 32.8 Å². The molecular weight excluding hydrogens is 330 g/mol. The molecule has 0 spiro atoms. The monoisotopic (exact) mass is 349 g/mol. The normalized spacial score (nSPS) is 13.3. The minimum Gasteiger partial charge on any atom is -0.480 e. The molecule has 128 valence electrons. The van der Waals surface area contributed by atoms with Crippen molar-refractivity contribution in [3.05, 3.63) is 46.7 Å². The molecule has 0 aliphatic heterocycles. The van der Waals surface area contributed by atoms with Crippen LogP contribution in [0.5, 0.6) is 0 Å². The van der Waals surface area contributed by atoms with Crippen molar-refractivity contribution >= 4 is 23.5 Å². The largest absolute Gasteiger partial charge is 0.480 e. The topological polar surface area (TPSA) is 84.2 Å². The lowest BCUT2D eigenvalue weighted by atomic mass is 9.99. The summed E-state index contributed by atoms with van der Waals surface area (Å²) in [6.07, 6.45) is 2.09. The Labute approximate surface area is 145 Å². The number of nitrogens with one attached hydrogen (secondary N) is 1. The zero-order valence-electron chi connectivity index (χ0n) is 13.8. The highest BCUT2D eigenvalue weighted by Gasteiger charge is 2.27. The molecule has 0 bridgehead atoms.